The molecule has 1 aromatic carbocycles. The summed E-state index contributed by atoms with van der Waals surface area (Å²) in [4.78, 5) is 38.6. The summed E-state index contributed by atoms with van der Waals surface area (Å²) in [5, 5.41) is 14.2. The van der Waals surface area contributed by atoms with Crippen molar-refractivity contribution in [3.05, 3.63) is 44.5 Å². The van der Waals surface area contributed by atoms with Crippen molar-refractivity contribution in [3.63, 3.8) is 0 Å². The molecule has 0 radical (unpaired) electrons. The summed E-state index contributed by atoms with van der Waals surface area (Å²) in [6.07, 6.45) is 0.227. The Balaban J connectivity index is 1.45. The summed E-state index contributed by atoms with van der Waals surface area (Å²) >= 11 is 18.9. The second kappa shape index (κ2) is 10.6. The maximum Gasteiger partial charge on any atom is 0.407 e. The zero-order chi connectivity index (χ0) is 25.3. The van der Waals surface area contributed by atoms with Gasteiger partial charge in [0.05, 0.1) is 11.7 Å². The fourth-order valence-electron chi connectivity index (χ4n) is 4.51. The maximum absolute atomic E-state index is 12.9. The zero-order valence-electron chi connectivity index (χ0n) is 19.5. The highest BCUT2D eigenvalue weighted by Crippen LogP contribution is 2.32. The number of hydrogen-bond acceptors (Lipinski definition) is 6. The Labute approximate surface area is 219 Å². The first-order chi connectivity index (χ1) is 16.7. The number of nitrogens with zero attached hydrogens (tertiary/aromatic N) is 5. The molecule has 2 aliphatic heterocycles. The number of anilines is 2. The quantitative estimate of drug-likeness (QED) is 0.565. The number of carbonyl (C=O) groups excluding carboxylic acids is 1. The lowest BCUT2D eigenvalue weighted by molar-refractivity contribution is -0.135. The Bertz CT molecular complexity index is 1130. The molecule has 12 heteroatoms. The van der Waals surface area contributed by atoms with Gasteiger partial charge in [-0.3, -0.25) is 9.69 Å². The van der Waals surface area contributed by atoms with Gasteiger partial charge < -0.3 is 20.2 Å². The molecule has 0 aliphatic carbocycles. The third-order valence-corrected chi connectivity index (χ3v) is 7.46. The number of aryl methyl sites for hydroxylation is 1. The molecule has 1 aromatic heterocycles. The van der Waals surface area contributed by atoms with Gasteiger partial charge in [-0.2, -0.15) is 4.98 Å². The van der Waals surface area contributed by atoms with Gasteiger partial charge in [-0.15, -0.1) is 0 Å². The molecule has 0 bridgehead atoms. The number of amides is 2. The molecule has 1 unspecified atom stereocenters. The molecule has 0 spiro atoms. The molecule has 2 N–H and O–H groups in total. The van der Waals surface area contributed by atoms with E-state index < -0.39 is 12.1 Å². The fourth-order valence-corrected chi connectivity index (χ4v) is 5.22. The van der Waals surface area contributed by atoms with Gasteiger partial charge in [-0.25, -0.2) is 9.78 Å². The van der Waals surface area contributed by atoms with Crippen LogP contribution in [0.5, 0.6) is 0 Å². The third-order valence-electron chi connectivity index (χ3n) is 6.45. The zero-order valence-corrected chi connectivity index (χ0v) is 21.7. The van der Waals surface area contributed by atoms with E-state index in [2.05, 4.69) is 15.3 Å². The number of halogens is 3. The van der Waals surface area contributed by atoms with Crippen molar-refractivity contribution < 1.29 is 14.7 Å². The maximum atomic E-state index is 12.9. The highest BCUT2D eigenvalue weighted by atomic mass is 35.5. The predicted octanol–water partition coefficient (Wildman–Crippen LogP) is 4.71. The van der Waals surface area contributed by atoms with E-state index in [0.717, 1.165) is 5.56 Å². The first-order valence-corrected chi connectivity index (χ1v) is 12.6. The van der Waals surface area contributed by atoms with Crippen LogP contribution in [-0.2, 0) is 4.79 Å². The highest BCUT2D eigenvalue weighted by Gasteiger charge is 2.37. The molecule has 9 nitrogen and oxygen atoms in total. The van der Waals surface area contributed by atoms with E-state index in [9.17, 15) is 14.7 Å². The van der Waals surface area contributed by atoms with E-state index in [0.29, 0.717) is 78.1 Å². The number of carboxylic acid groups (broad SMARTS) is 1. The Hall–Kier alpha value is -2.49. The summed E-state index contributed by atoms with van der Waals surface area (Å²) < 4.78 is 0. The van der Waals surface area contributed by atoms with Gasteiger partial charge in [0, 0.05) is 42.8 Å². The number of nitrogens with one attached hydrogen (secondary N) is 1. The van der Waals surface area contributed by atoms with E-state index in [1.807, 2.05) is 24.8 Å². The second-order valence-electron chi connectivity index (χ2n) is 8.75. The molecule has 2 aliphatic rings. The Morgan fingerprint density at radius 3 is 2.49 bits per heavy atom. The molecular formula is C23H27Cl3N6O3. The first kappa shape index (κ1) is 25.6. The van der Waals surface area contributed by atoms with E-state index in [1.54, 1.807) is 17.0 Å². The van der Waals surface area contributed by atoms with Crippen LogP contribution in [0.25, 0.3) is 0 Å². The first-order valence-electron chi connectivity index (χ1n) is 11.4. The minimum absolute atomic E-state index is 0.131. The van der Waals surface area contributed by atoms with Crippen molar-refractivity contribution in [2.24, 2.45) is 0 Å². The molecular weight excluding hydrogens is 515 g/mol. The SMILES string of the molecule is Cc1nc(N2CCN(C(=O)[C@H]3CCCN3C(=O)O)CC2)nc(NC(C)c2ccc(Cl)cc2Cl)c1Cl. The Kier molecular flexibility index (Phi) is 7.78. The van der Waals surface area contributed by atoms with Crippen LogP contribution in [-0.4, -0.2) is 75.6 Å². The molecule has 2 saturated heterocycles. The van der Waals surface area contributed by atoms with Gasteiger partial charge in [-0.1, -0.05) is 40.9 Å². The molecule has 2 amide bonds. The van der Waals surface area contributed by atoms with Crippen molar-refractivity contribution in [2.75, 3.05) is 42.9 Å². The Morgan fingerprint density at radius 1 is 1.11 bits per heavy atom. The monoisotopic (exact) mass is 540 g/mol. The number of benzene rings is 1. The topological polar surface area (TPSA) is 102 Å². The summed E-state index contributed by atoms with van der Waals surface area (Å²) in [5.74, 6) is 0.881. The smallest absolute Gasteiger partial charge is 0.407 e. The van der Waals surface area contributed by atoms with Crippen LogP contribution in [0.3, 0.4) is 0 Å². The van der Waals surface area contributed by atoms with Crippen LogP contribution in [0.15, 0.2) is 18.2 Å². The molecule has 0 saturated carbocycles. The number of piperazine rings is 1. The van der Waals surface area contributed by atoms with Gasteiger partial charge in [0.1, 0.15) is 11.1 Å². The third kappa shape index (κ3) is 5.52. The fraction of sp³-hybridized carbons (Fsp3) is 0.478. The standard InChI is InChI=1S/C23H27Cl3N6O3/c1-13(16-6-5-15(24)12-17(16)25)27-20-19(26)14(2)28-22(29-20)31-10-8-30(9-11-31)21(33)18-4-3-7-32(18)23(34)35/h5-6,12-13,18H,3-4,7-11H2,1-2H3,(H,34,35)(H,27,28,29)/t13?,18-/m1/s1. The summed E-state index contributed by atoms with van der Waals surface area (Å²) in [7, 11) is 0. The van der Waals surface area contributed by atoms with Crippen molar-refractivity contribution in [1.82, 2.24) is 19.8 Å². The normalized spacial score (nSPS) is 19.1. The molecule has 188 valence electrons. The summed E-state index contributed by atoms with van der Waals surface area (Å²) in [6.45, 7) is 6.17. The van der Waals surface area contributed by atoms with Gasteiger partial charge in [0.25, 0.3) is 0 Å². The average molecular weight is 542 g/mol. The van der Waals surface area contributed by atoms with Gasteiger partial charge in [0.15, 0.2) is 5.82 Å². The van der Waals surface area contributed by atoms with Crippen LogP contribution in [0.4, 0.5) is 16.6 Å². The van der Waals surface area contributed by atoms with Crippen molar-refractivity contribution in [1.29, 1.82) is 0 Å². The van der Waals surface area contributed by atoms with Gasteiger partial charge in [0.2, 0.25) is 11.9 Å². The van der Waals surface area contributed by atoms with Gasteiger partial charge in [-0.05, 0) is 44.4 Å². The predicted molar refractivity (Wildman–Crippen MR) is 137 cm³/mol. The number of likely N-dealkylation sites (tertiary alicyclic amines) is 1. The lowest BCUT2D eigenvalue weighted by Crippen LogP contribution is -2.54. The van der Waals surface area contributed by atoms with E-state index >= 15 is 0 Å². The van der Waals surface area contributed by atoms with Crippen molar-refractivity contribution in [2.45, 2.75) is 38.8 Å². The van der Waals surface area contributed by atoms with E-state index in [4.69, 9.17) is 34.8 Å². The average Bonchev–Trinajstić information content (AvgIpc) is 3.32. The molecule has 3 heterocycles. The van der Waals surface area contributed by atoms with Crippen molar-refractivity contribution >= 4 is 58.6 Å². The molecule has 2 atom stereocenters. The molecule has 2 aromatic rings. The lowest BCUT2D eigenvalue weighted by atomic mass is 10.1. The molecule has 35 heavy (non-hydrogen) atoms. The van der Waals surface area contributed by atoms with E-state index in [-0.39, 0.29) is 11.9 Å². The number of hydrogen-bond donors (Lipinski definition) is 2. The second-order valence-corrected chi connectivity index (χ2v) is 9.97. The van der Waals surface area contributed by atoms with Crippen LogP contribution in [0, 0.1) is 6.92 Å². The number of aromatic nitrogens is 2. The van der Waals surface area contributed by atoms with Crippen LogP contribution >= 0.6 is 34.8 Å². The van der Waals surface area contributed by atoms with Gasteiger partial charge >= 0.3 is 6.09 Å². The molecule has 2 fully saturated rings. The van der Waals surface area contributed by atoms with Crippen LogP contribution in [0.1, 0.15) is 37.1 Å². The minimum Gasteiger partial charge on any atom is -0.465 e. The van der Waals surface area contributed by atoms with Crippen LogP contribution < -0.4 is 10.2 Å². The lowest BCUT2D eigenvalue weighted by Gasteiger charge is -2.37. The number of carbonyl (C=O) groups is 2. The minimum atomic E-state index is -1.04. The summed E-state index contributed by atoms with van der Waals surface area (Å²) in [5.41, 5.74) is 1.49. The largest absolute Gasteiger partial charge is 0.465 e. The summed E-state index contributed by atoms with van der Waals surface area (Å²) in [6, 6.07) is 4.55. The Morgan fingerprint density at radius 2 is 1.83 bits per heavy atom. The highest BCUT2D eigenvalue weighted by molar-refractivity contribution is 6.35. The molecule has 4 rings (SSSR count). The van der Waals surface area contributed by atoms with E-state index in [1.165, 1.54) is 4.90 Å². The number of rotatable bonds is 5. The van der Waals surface area contributed by atoms with Crippen molar-refractivity contribution in [3.8, 4) is 0 Å². The van der Waals surface area contributed by atoms with Crippen LogP contribution in [0.2, 0.25) is 15.1 Å².